The molecule has 3 aromatic carbocycles. The molecule has 2 amide bonds. The van der Waals surface area contributed by atoms with Crippen LogP contribution in [0.15, 0.2) is 73.1 Å². The predicted octanol–water partition coefficient (Wildman–Crippen LogP) is 9.20. The van der Waals surface area contributed by atoms with E-state index in [1.807, 2.05) is 22.2 Å². The van der Waals surface area contributed by atoms with Crippen LogP contribution < -0.4 is 0 Å². The van der Waals surface area contributed by atoms with E-state index in [1.165, 1.54) is 5.39 Å². The van der Waals surface area contributed by atoms with Crippen molar-refractivity contribution < 1.29 is 9.59 Å². The van der Waals surface area contributed by atoms with Crippen molar-refractivity contribution in [1.29, 1.82) is 0 Å². The van der Waals surface area contributed by atoms with Crippen LogP contribution in [0.3, 0.4) is 0 Å². The van der Waals surface area contributed by atoms with Crippen molar-refractivity contribution in [3.8, 4) is 33.6 Å². The number of hydrogen-bond donors (Lipinski definition) is 2. The Labute approximate surface area is 295 Å². The smallest absolute Gasteiger partial charge is 0.223 e. The number of fused-ring (bicyclic) bond motifs is 1. The number of rotatable bonds is 9. The Hall–Kier alpha value is -4.72. The van der Waals surface area contributed by atoms with E-state index in [1.54, 1.807) is 0 Å². The summed E-state index contributed by atoms with van der Waals surface area (Å²) in [6, 6.07) is 21.7. The number of nitrogens with one attached hydrogen (secondary N) is 2. The summed E-state index contributed by atoms with van der Waals surface area (Å²) in [5.74, 6) is 3.78. The third-order valence-corrected chi connectivity index (χ3v) is 10.3. The lowest BCUT2D eigenvalue weighted by Crippen LogP contribution is -2.32. The summed E-state index contributed by atoms with van der Waals surface area (Å²) in [6.45, 7) is 14.4. The van der Waals surface area contributed by atoms with Gasteiger partial charge in [0, 0.05) is 31.5 Å². The van der Waals surface area contributed by atoms with Crippen molar-refractivity contribution in [3.63, 3.8) is 0 Å². The van der Waals surface area contributed by atoms with E-state index >= 15 is 0 Å². The van der Waals surface area contributed by atoms with Gasteiger partial charge in [-0.2, -0.15) is 0 Å². The molecule has 4 atom stereocenters. The molecule has 2 N–H and O–H groups in total. The molecule has 260 valence electrons. The van der Waals surface area contributed by atoms with Gasteiger partial charge in [-0.25, -0.2) is 9.97 Å². The zero-order chi connectivity index (χ0) is 35.1. The standard InChI is InChI=1S/C42H50N6O2/c1-25(2)15-39(49)47-23-27(5)17-37(47)41-43-21-35(45-41)30-9-7-29(8-10-30)31-11-12-33-20-34(14-13-32(33)19-31)36-22-44-42(46-36)38-18-28(6)24-48(38)40(50)16-26(3)4/h7-14,19-22,25-28,37-38H,15-18,23-24H2,1-6H3,(H,43,45)(H,44,46)/t27-,28-,37-,38-/m0/s1. The minimum Gasteiger partial charge on any atom is -0.340 e. The number of carbonyl (C=O) groups excluding carboxylic acids is 2. The minimum atomic E-state index is 0.00133. The van der Waals surface area contributed by atoms with Crippen LogP contribution in [0.2, 0.25) is 0 Å². The summed E-state index contributed by atoms with van der Waals surface area (Å²) in [5.41, 5.74) is 6.39. The fraction of sp³-hybridized carbons (Fsp3) is 0.429. The number of H-pyrrole nitrogens is 2. The van der Waals surface area contributed by atoms with Gasteiger partial charge in [0.15, 0.2) is 0 Å². The van der Waals surface area contributed by atoms with Gasteiger partial charge in [-0.3, -0.25) is 9.59 Å². The van der Waals surface area contributed by atoms with Crippen LogP contribution in [-0.2, 0) is 9.59 Å². The molecule has 5 aromatic rings. The largest absolute Gasteiger partial charge is 0.340 e. The van der Waals surface area contributed by atoms with Crippen molar-refractivity contribution in [2.75, 3.05) is 13.1 Å². The number of carbonyl (C=O) groups is 2. The Balaban J connectivity index is 1.05. The molecule has 2 fully saturated rings. The molecule has 8 heteroatoms. The monoisotopic (exact) mass is 670 g/mol. The molecule has 0 radical (unpaired) electrons. The second kappa shape index (κ2) is 13.9. The lowest BCUT2D eigenvalue weighted by molar-refractivity contribution is -0.134. The summed E-state index contributed by atoms with van der Waals surface area (Å²) >= 11 is 0. The number of amides is 2. The maximum atomic E-state index is 13.0. The molecular weight excluding hydrogens is 621 g/mol. The molecule has 2 saturated heterocycles. The van der Waals surface area contributed by atoms with Gasteiger partial charge in [0.1, 0.15) is 11.6 Å². The second-order valence-corrected chi connectivity index (χ2v) is 15.7. The highest BCUT2D eigenvalue weighted by atomic mass is 16.2. The minimum absolute atomic E-state index is 0.00133. The molecule has 2 aliphatic heterocycles. The number of aromatic nitrogens is 4. The molecule has 8 nitrogen and oxygen atoms in total. The van der Waals surface area contributed by atoms with Gasteiger partial charge >= 0.3 is 0 Å². The third-order valence-electron chi connectivity index (χ3n) is 10.3. The third kappa shape index (κ3) is 6.98. The highest BCUT2D eigenvalue weighted by Gasteiger charge is 2.37. The number of benzene rings is 3. The van der Waals surface area contributed by atoms with Crippen LogP contribution in [0, 0.1) is 23.7 Å². The zero-order valence-electron chi connectivity index (χ0n) is 30.2. The molecular formula is C42H50N6O2. The number of hydrogen-bond acceptors (Lipinski definition) is 4. The normalized spacial score (nSPS) is 20.9. The van der Waals surface area contributed by atoms with E-state index in [4.69, 9.17) is 9.97 Å². The first-order valence-corrected chi connectivity index (χ1v) is 18.4. The summed E-state index contributed by atoms with van der Waals surface area (Å²) in [6.07, 6.45) is 6.80. The van der Waals surface area contributed by atoms with E-state index in [0.717, 1.165) is 76.6 Å². The maximum Gasteiger partial charge on any atom is 0.223 e. The molecule has 7 rings (SSSR count). The zero-order valence-corrected chi connectivity index (χ0v) is 30.2. The number of imidazole rings is 2. The first kappa shape index (κ1) is 33.8. The summed E-state index contributed by atoms with van der Waals surface area (Å²) < 4.78 is 0. The molecule has 0 bridgehead atoms. The van der Waals surface area contributed by atoms with Gasteiger partial charge < -0.3 is 19.8 Å². The molecule has 4 heterocycles. The van der Waals surface area contributed by atoms with Crippen LogP contribution in [0.4, 0.5) is 0 Å². The van der Waals surface area contributed by atoms with Gasteiger partial charge in [0.25, 0.3) is 0 Å². The van der Waals surface area contributed by atoms with E-state index < -0.39 is 0 Å². The predicted molar refractivity (Wildman–Crippen MR) is 200 cm³/mol. The number of aromatic amines is 2. The van der Waals surface area contributed by atoms with Gasteiger partial charge in [0.2, 0.25) is 11.8 Å². The fourth-order valence-corrected chi connectivity index (χ4v) is 7.83. The van der Waals surface area contributed by atoms with Crippen molar-refractivity contribution in [2.45, 2.75) is 79.3 Å². The van der Waals surface area contributed by atoms with Crippen molar-refractivity contribution in [1.82, 2.24) is 29.7 Å². The van der Waals surface area contributed by atoms with Gasteiger partial charge in [0.05, 0.1) is 35.9 Å². The first-order chi connectivity index (χ1) is 24.0. The Morgan fingerprint density at radius 1 is 0.640 bits per heavy atom. The van der Waals surface area contributed by atoms with Crippen LogP contribution in [0.25, 0.3) is 44.4 Å². The van der Waals surface area contributed by atoms with Crippen LogP contribution in [-0.4, -0.2) is 54.6 Å². The highest BCUT2D eigenvalue weighted by Crippen LogP contribution is 2.38. The molecule has 2 aliphatic rings. The Morgan fingerprint density at radius 3 is 1.56 bits per heavy atom. The number of nitrogens with zero attached hydrogens (tertiary/aromatic N) is 4. The highest BCUT2D eigenvalue weighted by molar-refractivity contribution is 5.90. The van der Waals surface area contributed by atoms with Gasteiger partial charge in [-0.15, -0.1) is 0 Å². The Bertz CT molecular complexity index is 1990. The van der Waals surface area contributed by atoms with Crippen LogP contribution >= 0.6 is 0 Å². The van der Waals surface area contributed by atoms with Crippen LogP contribution in [0.1, 0.15) is 91.0 Å². The fourth-order valence-electron chi connectivity index (χ4n) is 7.83. The Kier molecular flexibility index (Phi) is 9.38. The molecule has 0 aliphatic carbocycles. The van der Waals surface area contributed by atoms with Crippen molar-refractivity contribution in [2.24, 2.45) is 23.7 Å². The van der Waals surface area contributed by atoms with E-state index in [-0.39, 0.29) is 23.9 Å². The lowest BCUT2D eigenvalue weighted by Gasteiger charge is -2.24. The Morgan fingerprint density at radius 2 is 1.06 bits per heavy atom. The van der Waals surface area contributed by atoms with Gasteiger partial charge in [-0.05, 0) is 76.1 Å². The van der Waals surface area contributed by atoms with Crippen LogP contribution in [0.5, 0.6) is 0 Å². The topological polar surface area (TPSA) is 98.0 Å². The van der Waals surface area contributed by atoms with E-state index in [2.05, 4.69) is 112 Å². The van der Waals surface area contributed by atoms with Crippen molar-refractivity contribution in [3.05, 3.63) is 84.7 Å². The lowest BCUT2D eigenvalue weighted by atomic mass is 9.98. The molecule has 50 heavy (non-hydrogen) atoms. The van der Waals surface area contributed by atoms with E-state index in [9.17, 15) is 9.59 Å². The molecule has 2 aromatic heterocycles. The average Bonchev–Trinajstić information content (AvgIpc) is 3.90. The quantitative estimate of drug-likeness (QED) is 0.163. The summed E-state index contributed by atoms with van der Waals surface area (Å²) in [7, 11) is 0. The first-order valence-electron chi connectivity index (χ1n) is 18.4. The SMILES string of the molecule is CC(C)CC(=O)N1C[C@@H](C)C[C@H]1c1ncc(-c2ccc(-c3ccc4cc(-c5cnc([C@@H]6C[C@H](C)CN6C(=O)CC(C)C)[nH]5)ccc4c3)cc2)[nH]1. The van der Waals surface area contributed by atoms with E-state index in [0.29, 0.717) is 36.5 Å². The average molecular weight is 671 g/mol. The summed E-state index contributed by atoms with van der Waals surface area (Å²) in [4.78, 5) is 46.6. The second-order valence-electron chi connectivity index (χ2n) is 15.7. The molecule has 0 saturated carbocycles. The molecule has 0 spiro atoms. The molecule has 0 unspecified atom stereocenters. The maximum absolute atomic E-state index is 13.0. The van der Waals surface area contributed by atoms with Crippen molar-refractivity contribution >= 4 is 22.6 Å². The summed E-state index contributed by atoms with van der Waals surface area (Å²) in [5, 5.41) is 2.33. The van der Waals surface area contributed by atoms with Gasteiger partial charge in [-0.1, -0.05) is 90.1 Å². The number of likely N-dealkylation sites (tertiary alicyclic amines) is 2.